The van der Waals surface area contributed by atoms with Crippen LogP contribution in [-0.4, -0.2) is 52.3 Å². The summed E-state index contributed by atoms with van der Waals surface area (Å²) in [6, 6.07) is 0. The number of carbonyl (C=O) groups excluding carboxylic acids is 1. The van der Waals surface area contributed by atoms with Crippen molar-refractivity contribution < 1.29 is 43.7 Å². The van der Waals surface area contributed by atoms with Crippen molar-refractivity contribution in [2.24, 2.45) is 0 Å². The van der Waals surface area contributed by atoms with E-state index in [2.05, 4.69) is 9.26 Å². The van der Waals surface area contributed by atoms with Crippen molar-refractivity contribution in [3.63, 3.8) is 0 Å². The molecule has 0 aromatic rings. The summed E-state index contributed by atoms with van der Waals surface area (Å²) in [5, 5.41) is 27.0. The Morgan fingerprint density at radius 3 is 2.38 bits per heavy atom. The Kier molecular flexibility index (Phi) is 4.16. The van der Waals surface area contributed by atoms with Gasteiger partial charge in [0.15, 0.2) is 18.2 Å². The SMILES string of the molecule is O=C1[C@@H](O)C(OP(=O)([O-])[O-])O[C@H](CO)[C@H]1O. The molecule has 1 heterocycles. The molecule has 10 heteroatoms. The molecule has 1 aliphatic rings. The second-order valence-electron chi connectivity index (χ2n) is 3.07. The van der Waals surface area contributed by atoms with Gasteiger partial charge in [-0.05, 0) is 0 Å². The second kappa shape index (κ2) is 4.86. The smallest absolute Gasteiger partial charge is 0.197 e. The van der Waals surface area contributed by atoms with Crippen LogP contribution in [-0.2, 0) is 18.6 Å². The maximum absolute atomic E-state index is 11.1. The van der Waals surface area contributed by atoms with E-state index < -0.39 is 44.8 Å². The van der Waals surface area contributed by atoms with Crippen molar-refractivity contribution in [3.8, 4) is 0 Å². The van der Waals surface area contributed by atoms with E-state index in [1.54, 1.807) is 0 Å². The van der Waals surface area contributed by atoms with Crippen LogP contribution < -0.4 is 9.79 Å². The molecule has 0 aromatic heterocycles. The number of aliphatic hydroxyl groups is 3. The summed E-state index contributed by atoms with van der Waals surface area (Å²) in [7, 11) is -5.46. The van der Waals surface area contributed by atoms with Gasteiger partial charge in [0.2, 0.25) is 0 Å². The number of rotatable bonds is 3. The van der Waals surface area contributed by atoms with E-state index in [-0.39, 0.29) is 0 Å². The van der Waals surface area contributed by atoms with Crippen molar-refractivity contribution >= 4 is 13.6 Å². The van der Waals surface area contributed by atoms with Crippen LogP contribution in [0.4, 0.5) is 0 Å². The van der Waals surface area contributed by atoms with Crippen LogP contribution in [0.3, 0.4) is 0 Å². The van der Waals surface area contributed by atoms with Gasteiger partial charge in [0, 0.05) is 0 Å². The van der Waals surface area contributed by atoms with Crippen molar-refractivity contribution in [1.29, 1.82) is 0 Å². The normalized spacial score (nSPS) is 36.4. The van der Waals surface area contributed by atoms with Gasteiger partial charge in [-0.2, -0.15) is 0 Å². The first kappa shape index (κ1) is 13.7. The lowest BCUT2D eigenvalue weighted by Gasteiger charge is -2.40. The van der Waals surface area contributed by atoms with E-state index >= 15 is 0 Å². The third kappa shape index (κ3) is 3.06. The molecule has 0 saturated carbocycles. The van der Waals surface area contributed by atoms with Crippen molar-refractivity contribution in [1.82, 2.24) is 0 Å². The Morgan fingerprint density at radius 2 is 1.94 bits per heavy atom. The molecule has 0 bridgehead atoms. The molecule has 0 amide bonds. The molecule has 94 valence electrons. The van der Waals surface area contributed by atoms with Gasteiger partial charge in [0.05, 0.1) is 14.4 Å². The van der Waals surface area contributed by atoms with E-state index in [1.165, 1.54) is 0 Å². The minimum absolute atomic E-state index is 0.804. The number of hydrogen-bond acceptors (Lipinski definition) is 9. The van der Waals surface area contributed by atoms with E-state index in [0.717, 1.165) is 0 Å². The van der Waals surface area contributed by atoms with Crippen LogP contribution in [0.15, 0.2) is 0 Å². The predicted molar refractivity (Wildman–Crippen MR) is 41.5 cm³/mol. The van der Waals surface area contributed by atoms with Gasteiger partial charge in [-0.1, -0.05) is 0 Å². The minimum Gasteiger partial charge on any atom is -0.790 e. The summed E-state index contributed by atoms with van der Waals surface area (Å²) in [4.78, 5) is 31.6. The van der Waals surface area contributed by atoms with E-state index in [0.29, 0.717) is 0 Å². The van der Waals surface area contributed by atoms with Gasteiger partial charge in [0.1, 0.15) is 12.2 Å². The molecule has 16 heavy (non-hydrogen) atoms. The first-order valence-electron chi connectivity index (χ1n) is 4.13. The van der Waals surface area contributed by atoms with Gasteiger partial charge < -0.3 is 38.9 Å². The van der Waals surface area contributed by atoms with Crippen LogP contribution in [0.5, 0.6) is 0 Å². The lowest BCUT2D eigenvalue weighted by Crippen LogP contribution is -2.56. The first-order chi connectivity index (χ1) is 7.26. The third-order valence-corrected chi connectivity index (χ3v) is 2.38. The molecule has 1 rings (SSSR count). The van der Waals surface area contributed by atoms with Crippen molar-refractivity contribution in [2.75, 3.05) is 6.61 Å². The standard InChI is InChI=1S/C6H11O9P/c7-1-2-3(8)4(9)5(10)6(14-2)15-16(11,12)13/h2-3,5-8,10H,1H2,(H2,11,12,13)/p-2/t2-,3-,5-,6?/m1/s1. The van der Waals surface area contributed by atoms with Gasteiger partial charge in [-0.15, -0.1) is 0 Å². The average molecular weight is 256 g/mol. The summed E-state index contributed by atoms with van der Waals surface area (Å²) in [6.45, 7) is -0.804. The summed E-state index contributed by atoms with van der Waals surface area (Å²) < 4.78 is 18.6. The molecule has 0 radical (unpaired) electrons. The molecule has 1 aliphatic heterocycles. The maximum Gasteiger partial charge on any atom is 0.197 e. The van der Waals surface area contributed by atoms with E-state index in [1.807, 2.05) is 0 Å². The lowest BCUT2D eigenvalue weighted by molar-refractivity contribution is -0.360. The zero-order chi connectivity index (χ0) is 12.5. The quantitative estimate of drug-likeness (QED) is 0.425. The Balaban J connectivity index is 2.79. The molecule has 0 aliphatic carbocycles. The van der Waals surface area contributed by atoms with Crippen LogP contribution in [0.1, 0.15) is 0 Å². The number of ether oxygens (including phenoxy) is 1. The molecule has 9 nitrogen and oxygen atoms in total. The number of hydrogen-bond donors (Lipinski definition) is 3. The third-order valence-electron chi connectivity index (χ3n) is 1.91. The fourth-order valence-electron chi connectivity index (χ4n) is 1.17. The number of phosphoric ester groups is 1. The van der Waals surface area contributed by atoms with Gasteiger partial charge in [0.25, 0.3) is 0 Å². The Labute approximate surface area is 89.5 Å². The minimum atomic E-state index is -5.46. The molecule has 1 unspecified atom stereocenters. The van der Waals surface area contributed by atoms with Gasteiger partial charge >= 0.3 is 0 Å². The summed E-state index contributed by atoms with van der Waals surface area (Å²) in [5.41, 5.74) is 0. The van der Waals surface area contributed by atoms with Crippen LogP contribution in [0, 0.1) is 0 Å². The van der Waals surface area contributed by atoms with Crippen LogP contribution >= 0.6 is 7.82 Å². The average Bonchev–Trinajstić information content (AvgIpc) is 2.17. The summed E-state index contributed by atoms with van der Waals surface area (Å²) in [5.74, 6) is -1.19. The first-order valence-corrected chi connectivity index (χ1v) is 5.59. The fraction of sp³-hybridized carbons (Fsp3) is 0.833. The molecular formula is C6H9O9P-2. The monoisotopic (exact) mass is 256 g/mol. The number of phosphoric acid groups is 1. The summed E-state index contributed by atoms with van der Waals surface area (Å²) in [6.07, 6.45) is -7.41. The van der Waals surface area contributed by atoms with E-state index in [9.17, 15) is 19.1 Å². The highest BCUT2D eigenvalue weighted by Gasteiger charge is 2.44. The predicted octanol–water partition coefficient (Wildman–Crippen LogP) is -4.16. The second-order valence-corrected chi connectivity index (χ2v) is 4.18. The largest absolute Gasteiger partial charge is 0.790 e. The molecule has 0 spiro atoms. The molecule has 3 N–H and O–H groups in total. The van der Waals surface area contributed by atoms with Gasteiger partial charge in [-0.25, -0.2) is 0 Å². The lowest BCUT2D eigenvalue weighted by atomic mass is 10.0. The van der Waals surface area contributed by atoms with Crippen LogP contribution in [0.2, 0.25) is 0 Å². The molecular weight excluding hydrogens is 247 g/mol. The number of ketones is 1. The number of carbonyl (C=O) groups is 1. The highest BCUT2D eigenvalue weighted by Crippen LogP contribution is 2.32. The zero-order valence-electron chi connectivity index (χ0n) is 7.75. The highest BCUT2D eigenvalue weighted by atomic mass is 31.2. The Bertz CT molecular complexity index is 311. The Morgan fingerprint density at radius 1 is 1.38 bits per heavy atom. The molecule has 1 fully saturated rings. The van der Waals surface area contributed by atoms with Crippen molar-refractivity contribution in [3.05, 3.63) is 0 Å². The zero-order valence-corrected chi connectivity index (χ0v) is 8.65. The van der Waals surface area contributed by atoms with Crippen LogP contribution in [0.25, 0.3) is 0 Å². The highest BCUT2D eigenvalue weighted by molar-refractivity contribution is 7.43. The fourth-order valence-corrected chi connectivity index (χ4v) is 1.59. The van der Waals surface area contributed by atoms with Gasteiger partial charge in [-0.3, -0.25) is 4.79 Å². The molecule has 0 aromatic carbocycles. The van der Waals surface area contributed by atoms with E-state index in [4.69, 9.17) is 15.3 Å². The molecule has 4 atom stereocenters. The van der Waals surface area contributed by atoms with Crippen molar-refractivity contribution in [2.45, 2.75) is 24.6 Å². The summed E-state index contributed by atoms with van der Waals surface area (Å²) >= 11 is 0. The number of Topliss-reactive ketones (excluding diaryl/α,β-unsaturated/α-hetero) is 1. The number of aliphatic hydroxyl groups excluding tert-OH is 3. The maximum atomic E-state index is 11.1. The topological polar surface area (TPSA) is 159 Å². The Hall–Kier alpha value is -0.380. The molecule has 1 saturated heterocycles.